The van der Waals surface area contributed by atoms with Crippen LogP contribution >= 0.6 is 23.5 Å². The van der Waals surface area contributed by atoms with E-state index in [4.69, 9.17) is 9.98 Å². The van der Waals surface area contributed by atoms with E-state index in [0.29, 0.717) is 0 Å². The summed E-state index contributed by atoms with van der Waals surface area (Å²) in [6.07, 6.45) is 1.35. The van der Waals surface area contributed by atoms with Crippen LogP contribution < -0.4 is 16.0 Å². The fourth-order valence-corrected chi connectivity index (χ4v) is 9.71. The maximum atomic E-state index is 5.47. The first kappa shape index (κ1) is 34.4. The Morgan fingerprint density at radius 2 is 1.04 bits per heavy atom. The number of rotatable bonds is 7. The van der Waals surface area contributed by atoms with Gasteiger partial charge < -0.3 is 10.6 Å². The lowest BCUT2D eigenvalue weighted by Gasteiger charge is -2.33. The summed E-state index contributed by atoms with van der Waals surface area (Å²) in [7, 11) is 0. The molecule has 7 heteroatoms. The summed E-state index contributed by atoms with van der Waals surface area (Å²) in [5, 5.41) is 11.5. The van der Waals surface area contributed by atoms with E-state index in [1.165, 1.54) is 19.6 Å². The Bertz CT molecular complexity index is 2630. The zero-order chi connectivity index (χ0) is 37.3. The van der Waals surface area contributed by atoms with Crippen LogP contribution in [0.15, 0.2) is 218 Å². The van der Waals surface area contributed by atoms with Gasteiger partial charge in [0.2, 0.25) is 0 Å². The van der Waals surface area contributed by atoms with E-state index < -0.39 is 0 Å². The minimum absolute atomic E-state index is 0.224. The fourth-order valence-electron chi connectivity index (χ4n) is 7.46. The van der Waals surface area contributed by atoms with Crippen molar-refractivity contribution in [3.8, 4) is 11.1 Å². The third kappa shape index (κ3) is 6.97. The topological polar surface area (TPSA) is 60.8 Å². The van der Waals surface area contributed by atoms with Crippen molar-refractivity contribution in [2.75, 3.05) is 0 Å². The summed E-state index contributed by atoms with van der Waals surface area (Å²) in [5.74, 6) is 0.854. The standard InChI is InChI=1S/C49H37N5S2/c1-5-15-32(16-6-1)40-31-41(33-17-7-2-8-18-33)51-49(50-40)39-29-37(25-27-38(39)36-26-28-44-45(30-36)56-43-24-14-13-23-42(43)55-44)48-53-46(34-19-9-3-10-20-34)52-47(54-48)35-21-11-4-12-22-35/h1-31,46,48-50,53H,(H,52,54). The zero-order valence-electron chi connectivity index (χ0n) is 30.3. The Kier molecular flexibility index (Phi) is 9.33. The summed E-state index contributed by atoms with van der Waals surface area (Å²) < 4.78 is 0. The highest BCUT2D eigenvalue weighted by atomic mass is 32.2. The summed E-state index contributed by atoms with van der Waals surface area (Å²) in [4.78, 5) is 15.8. The van der Waals surface area contributed by atoms with Gasteiger partial charge >= 0.3 is 0 Å². The van der Waals surface area contributed by atoms with E-state index >= 15 is 0 Å². The van der Waals surface area contributed by atoms with Crippen molar-refractivity contribution in [1.82, 2.24) is 16.0 Å². The lowest BCUT2D eigenvalue weighted by molar-refractivity contribution is 0.408. The smallest absolute Gasteiger partial charge is 0.146 e. The normalized spacial score (nSPS) is 18.6. The molecule has 3 aliphatic heterocycles. The van der Waals surface area contributed by atoms with E-state index in [2.05, 4.69) is 192 Å². The summed E-state index contributed by atoms with van der Waals surface area (Å²) in [6, 6.07) is 64.2. The van der Waals surface area contributed by atoms with Gasteiger partial charge in [-0.2, -0.15) is 0 Å². The van der Waals surface area contributed by atoms with Gasteiger partial charge in [-0.3, -0.25) is 10.3 Å². The molecule has 0 bridgehead atoms. The minimum atomic E-state index is -0.366. The molecular weight excluding hydrogens is 723 g/mol. The predicted octanol–water partition coefficient (Wildman–Crippen LogP) is 11.4. The maximum Gasteiger partial charge on any atom is 0.146 e. The first-order chi connectivity index (χ1) is 27.7. The van der Waals surface area contributed by atoms with Gasteiger partial charge in [0.05, 0.1) is 5.71 Å². The molecular formula is C49H37N5S2. The molecule has 3 N–H and O–H groups in total. The second-order valence-corrected chi connectivity index (χ2v) is 16.1. The third-order valence-electron chi connectivity index (χ3n) is 10.3. The van der Waals surface area contributed by atoms with E-state index in [0.717, 1.165) is 61.8 Å². The van der Waals surface area contributed by atoms with Crippen molar-refractivity contribution in [1.29, 1.82) is 0 Å². The molecule has 0 saturated carbocycles. The van der Waals surface area contributed by atoms with Crippen molar-refractivity contribution in [2.24, 2.45) is 9.98 Å². The van der Waals surface area contributed by atoms with E-state index in [9.17, 15) is 0 Å². The van der Waals surface area contributed by atoms with Crippen LogP contribution in [-0.4, -0.2) is 11.5 Å². The highest BCUT2D eigenvalue weighted by Crippen LogP contribution is 2.49. The Morgan fingerprint density at radius 1 is 0.429 bits per heavy atom. The molecule has 0 aliphatic carbocycles. The van der Waals surface area contributed by atoms with Gasteiger partial charge in [-0.25, -0.2) is 4.99 Å². The molecule has 56 heavy (non-hydrogen) atoms. The number of aliphatic imine (C=N–C) groups is 2. The first-order valence-electron chi connectivity index (χ1n) is 18.8. The van der Waals surface area contributed by atoms with E-state index in [1.807, 2.05) is 35.7 Å². The van der Waals surface area contributed by atoms with Crippen LogP contribution in [-0.2, 0) is 0 Å². The van der Waals surface area contributed by atoms with Crippen molar-refractivity contribution in [3.05, 3.63) is 221 Å². The largest absolute Gasteiger partial charge is 0.359 e. The summed E-state index contributed by atoms with van der Waals surface area (Å²) >= 11 is 3.69. The molecule has 7 aromatic carbocycles. The second kappa shape index (κ2) is 15.2. The van der Waals surface area contributed by atoms with Crippen LogP contribution in [0, 0.1) is 0 Å². The molecule has 3 heterocycles. The number of benzene rings is 7. The molecule has 0 saturated heterocycles. The number of hydrogen-bond acceptors (Lipinski definition) is 7. The molecule has 10 rings (SSSR count). The van der Waals surface area contributed by atoms with Crippen LogP contribution in [0.5, 0.6) is 0 Å². The molecule has 0 aromatic heterocycles. The van der Waals surface area contributed by atoms with Gasteiger partial charge in [0.25, 0.3) is 0 Å². The molecule has 0 spiro atoms. The van der Waals surface area contributed by atoms with Crippen LogP contribution in [0.1, 0.15) is 51.9 Å². The fraction of sp³-hybridized carbons (Fsp3) is 0.0612. The highest BCUT2D eigenvalue weighted by Gasteiger charge is 2.29. The SMILES string of the molecule is C1=C(c2ccccc2)NC(c2cc(C3NC(c4ccccc4)=NC(c4ccccc4)N3)ccc2-c2ccc3c(c2)Sc2ccccc2S3)N=C1c1ccccc1. The number of fused-ring (bicyclic) bond motifs is 2. The molecule has 5 nitrogen and oxygen atoms in total. The highest BCUT2D eigenvalue weighted by molar-refractivity contribution is 8.05. The van der Waals surface area contributed by atoms with Gasteiger partial charge in [-0.1, -0.05) is 175 Å². The number of hydrogen-bond donors (Lipinski definition) is 3. The Hall–Kier alpha value is -6.12. The van der Waals surface area contributed by atoms with Crippen LogP contribution in [0.3, 0.4) is 0 Å². The molecule has 0 amide bonds. The molecule has 0 fully saturated rings. The predicted molar refractivity (Wildman–Crippen MR) is 231 cm³/mol. The van der Waals surface area contributed by atoms with Crippen LogP contribution in [0.25, 0.3) is 16.8 Å². The first-order valence-corrected chi connectivity index (χ1v) is 20.5. The average Bonchev–Trinajstić information content (AvgIpc) is 3.29. The van der Waals surface area contributed by atoms with Gasteiger partial charge in [-0.05, 0) is 69.8 Å². The van der Waals surface area contributed by atoms with Crippen molar-refractivity contribution in [3.63, 3.8) is 0 Å². The van der Waals surface area contributed by atoms with Gasteiger partial charge in [0.15, 0.2) is 0 Å². The van der Waals surface area contributed by atoms with Crippen LogP contribution in [0.4, 0.5) is 0 Å². The lowest BCUT2D eigenvalue weighted by atomic mass is 9.93. The second-order valence-electron chi connectivity index (χ2n) is 13.9. The van der Waals surface area contributed by atoms with Gasteiger partial charge in [0.1, 0.15) is 24.3 Å². The van der Waals surface area contributed by atoms with Gasteiger partial charge in [-0.15, -0.1) is 0 Å². The van der Waals surface area contributed by atoms with Crippen molar-refractivity contribution in [2.45, 2.75) is 38.1 Å². The average molecular weight is 760 g/mol. The molecule has 270 valence electrons. The maximum absolute atomic E-state index is 5.47. The minimum Gasteiger partial charge on any atom is -0.359 e. The van der Waals surface area contributed by atoms with E-state index in [-0.39, 0.29) is 18.5 Å². The number of amidine groups is 1. The lowest BCUT2D eigenvalue weighted by Crippen LogP contribution is -2.45. The number of allylic oxidation sites excluding steroid dienone is 1. The van der Waals surface area contributed by atoms with Crippen molar-refractivity contribution >= 4 is 40.8 Å². The molecule has 3 atom stereocenters. The van der Waals surface area contributed by atoms with Crippen LogP contribution in [0.2, 0.25) is 0 Å². The van der Waals surface area contributed by atoms with Crippen molar-refractivity contribution < 1.29 is 0 Å². The summed E-state index contributed by atoms with van der Waals surface area (Å²) in [5.41, 5.74) is 10.8. The molecule has 3 unspecified atom stereocenters. The monoisotopic (exact) mass is 759 g/mol. The molecule has 7 aromatic rings. The third-order valence-corrected chi connectivity index (χ3v) is 12.8. The summed E-state index contributed by atoms with van der Waals surface area (Å²) in [6.45, 7) is 0. The Labute approximate surface area is 335 Å². The van der Waals surface area contributed by atoms with E-state index in [1.54, 1.807) is 0 Å². The Balaban J connectivity index is 1.11. The molecule has 3 aliphatic rings. The Morgan fingerprint density at radius 3 is 1.75 bits per heavy atom. The number of nitrogens with zero attached hydrogens (tertiary/aromatic N) is 2. The molecule has 0 radical (unpaired) electrons. The number of nitrogens with one attached hydrogen (secondary N) is 3. The van der Waals surface area contributed by atoms with Gasteiger partial charge in [0, 0.05) is 36.4 Å². The zero-order valence-corrected chi connectivity index (χ0v) is 32.0. The quantitative estimate of drug-likeness (QED) is 0.151.